The van der Waals surface area contributed by atoms with Crippen LogP contribution in [0.4, 0.5) is 0 Å². The number of nitrogens with zero attached hydrogens (tertiary/aromatic N) is 3. The van der Waals surface area contributed by atoms with Crippen LogP contribution in [0.1, 0.15) is 29.7 Å². The smallest absolute Gasteiger partial charge is 0.165 e. The fourth-order valence-corrected chi connectivity index (χ4v) is 3.52. The van der Waals surface area contributed by atoms with Crippen molar-refractivity contribution in [3.8, 4) is 11.5 Å². The molecular weight excluding hydrogens is 330 g/mol. The van der Waals surface area contributed by atoms with Crippen LogP contribution in [-0.4, -0.2) is 48.2 Å². The Kier molecular flexibility index (Phi) is 6.16. The molecule has 0 bridgehead atoms. The van der Waals surface area contributed by atoms with Gasteiger partial charge in [0.25, 0.3) is 0 Å². The van der Waals surface area contributed by atoms with Gasteiger partial charge in [-0.1, -0.05) is 12.1 Å². The number of aryl methyl sites for hydroxylation is 1. The average Bonchev–Trinajstić information content (AvgIpc) is 3.26. The second-order valence-electron chi connectivity index (χ2n) is 6.84. The molecule has 26 heavy (non-hydrogen) atoms. The Labute approximate surface area is 155 Å². The molecule has 1 aromatic carbocycles. The molecule has 1 saturated heterocycles. The quantitative estimate of drug-likeness (QED) is 0.725. The summed E-state index contributed by atoms with van der Waals surface area (Å²) in [5.74, 6) is 1.56. The van der Waals surface area contributed by atoms with Crippen LogP contribution in [0, 0.1) is 6.92 Å². The monoisotopic (exact) mass is 359 g/mol. The highest BCUT2D eigenvalue weighted by Gasteiger charge is 2.22. The first kappa shape index (κ1) is 18.7. The summed E-state index contributed by atoms with van der Waals surface area (Å²) in [7, 11) is 5.34. The van der Waals surface area contributed by atoms with E-state index in [0.717, 1.165) is 56.1 Å². The molecule has 1 aliphatic heterocycles. The van der Waals surface area contributed by atoms with E-state index in [0.29, 0.717) is 6.10 Å². The molecule has 0 unspecified atom stereocenters. The van der Waals surface area contributed by atoms with E-state index in [1.54, 1.807) is 14.2 Å². The number of benzene rings is 1. The number of para-hydroxylation sites is 1. The maximum absolute atomic E-state index is 5.88. The SMILES string of the molecule is COc1cccc(CN(Cc2cnn(C)c2C)C[C@H]2CCCO2)c1OC. The lowest BCUT2D eigenvalue weighted by atomic mass is 10.1. The number of hydrogen-bond donors (Lipinski definition) is 0. The van der Waals surface area contributed by atoms with Crippen molar-refractivity contribution < 1.29 is 14.2 Å². The molecule has 0 N–H and O–H groups in total. The maximum Gasteiger partial charge on any atom is 0.165 e. The van der Waals surface area contributed by atoms with Crippen molar-refractivity contribution in [1.29, 1.82) is 0 Å². The number of aromatic nitrogens is 2. The Bertz CT molecular complexity index is 723. The van der Waals surface area contributed by atoms with Crippen molar-refractivity contribution in [1.82, 2.24) is 14.7 Å². The third-order valence-electron chi connectivity index (χ3n) is 5.10. The minimum atomic E-state index is 0.295. The van der Waals surface area contributed by atoms with Crippen LogP contribution in [0.2, 0.25) is 0 Å². The molecule has 2 aromatic rings. The van der Waals surface area contributed by atoms with E-state index < -0.39 is 0 Å². The molecule has 0 amide bonds. The van der Waals surface area contributed by atoms with Gasteiger partial charge >= 0.3 is 0 Å². The average molecular weight is 359 g/mol. The largest absolute Gasteiger partial charge is 0.493 e. The normalized spacial score (nSPS) is 17.0. The molecule has 6 heteroatoms. The summed E-state index contributed by atoms with van der Waals surface area (Å²) in [6, 6.07) is 6.04. The first-order chi connectivity index (χ1) is 12.6. The summed E-state index contributed by atoms with van der Waals surface area (Å²) in [6.45, 7) is 5.48. The minimum Gasteiger partial charge on any atom is -0.493 e. The second-order valence-corrected chi connectivity index (χ2v) is 6.84. The van der Waals surface area contributed by atoms with Crippen LogP contribution in [0.15, 0.2) is 24.4 Å². The van der Waals surface area contributed by atoms with Gasteiger partial charge in [0.05, 0.1) is 26.5 Å². The van der Waals surface area contributed by atoms with Crippen molar-refractivity contribution in [3.63, 3.8) is 0 Å². The first-order valence-electron chi connectivity index (χ1n) is 9.13. The van der Waals surface area contributed by atoms with E-state index in [1.807, 2.05) is 30.1 Å². The van der Waals surface area contributed by atoms with Gasteiger partial charge in [-0.3, -0.25) is 9.58 Å². The number of methoxy groups -OCH3 is 2. The highest BCUT2D eigenvalue weighted by atomic mass is 16.5. The predicted octanol–water partition coefficient (Wildman–Crippen LogP) is 2.93. The predicted molar refractivity (Wildman–Crippen MR) is 101 cm³/mol. The molecule has 142 valence electrons. The van der Waals surface area contributed by atoms with Crippen molar-refractivity contribution in [3.05, 3.63) is 41.2 Å². The van der Waals surface area contributed by atoms with Crippen LogP contribution < -0.4 is 9.47 Å². The van der Waals surface area contributed by atoms with Crippen LogP contribution in [0.25, 0.3) is 0 Å². The van der Waals surface area contributed by atoms with Gasteiger partial charge in [0, 0.05) is 50.1 Å². The van der Waals surface area contributed by atoms with Crippen LogP contribution in [0.5, 0.6) is 11.5 Å². The van der Waals surface area contributed by atoms with Gasteiger partial charge in [0.15, 0.2) is 11.5 Å². The molecule has 1 atom stereocenters. The van der Waals surface area contributed by atoms with E-state index in [-0.39, 0.29) is 0 Å². The third-order valence-corrected chi connectivity index (χ3v) is 5.10. The van der Waals surface area contributed by atoms with E-state index in [1.165, 1.54) is 11.3 Å². The van der Waals surface area contributed by atoms with Crippen LogP contribution in [0.3, 0.4) is 0 Å². The fourth-order valence-electron chi connectivity index (χ4n) is 3.52. The van der Waals surface area contributed by atoms with Gasteiger partial charge in [-0.05, 0) is 25.8 Å². The molecule has 2 heterocycles. The molecule has 0 saturated carbocycles. The lowest BCUT2D eigenvalue weighted by molar-refractivity contribution is 0.0675. The zero-order valence-electron chi connectivity index (χ0n) is 16.2. The maximum atomic E-state index is 5.88. The first-order valence-corrected chi connectivity index (χ1v) is 9.13. The summed E-state index contributed by atoms with van der Waals surface area (Å²) >= 11 is 0. The topological polar surface area (TPSA) is 48.8 Å². The summed E-state index contributed by atoms with van der Waals surface area (Å²) in [4.78, 5) is 2.41. The Hall–Kier alpha value is -2.05. The third kappa shape index (κ3) is 4.19. The van der Waals surface area contributed by atoms with Gasteiger partial charge in [-0.2, -0.15) is 5.10 Å². The zero-order chi connectivity index (χ0) is 18.5. The van der Waals surface area contributed by atoms with E-state index in [9.17, 15) is 0 Å². The summed E-state index contributed by atoms with van der Waals surface area (Å²) < 4.78 is 18.9. The standard InChI is InChI=1S/C20H29N3O3/c1-15-17(11-21-22(15)2)13-23(14-18-8-6-10-26-18)12-16-7-5-9-19(24-3)20(16)25-4/h5,7,9,11,18H,6,8,10,12-14H2,1-4H3/t18-/m1/s1. The van der Waals surface area contributed by atoms with Crippen molar-refractivity contribution in [2.45, 2.75) is 39.0 Å². The Morgan fingerprint density at radius 3 is 2.65 bits per heavy atom. The Morgan fingerprint density at radius 1 is 1.23 bits per heavy atom. The highest BCUT2D eigenvalue weighted by molar-refractivity contribution is 5.46. The number of hydrogen-bond acceptors (Lipinski definition) is 5. The van der Waals surface area contributed by atoms with Crippen molar-refractivity contribution in [2.24, 2.45) is 7.05 Å². The van der Waals surface area contributed by atoms with E-state index in [4.69, 9.17) is 14.2 Å². The van der Waals surface area contributed by atoms with Gasteiger partial charge in [-0.25, -0.2) is 0 Å². The Balaban J connectivity index is 1.82. The van der Waals surface area contributed by atoms with Crippen LogP contribution in [-0.2, 0) is 24.9 Å². The van der Waals surface area contributed by atoms with E-state index in [2.05, 4.69) is 23.0 Å². The van der Waals surface area contributed by atoms with Gasteiger partial charge < -0.3 is 14.2 Å². The highest BCUT2D eigenvalue weighted by Crippen LogP contribution is 2.32. The summed E-state index contributed by atoms with van der Waals surface area (Å²) in [6.07, 6.45) is 4.52. The molecule has 1 aromatic heterocycles. The molecule has 1 aliphatic rings. The molecule has 0 spiro atoms. The molecule has 1 fully saturated rings. The summed E-state index contributed by atoms with van der Waals surface area (Å²) in [5, 5.41) is 4.38. The van der Waals surface area contributed by atoms with Gasteiger partial charge in [0.2, 0.25) is 0 Å². The molecular formula is C20H29N3O3. The fraction of sp³-hybridized carbons (Fsp3) is 0.550. The lowest BCUT2D eigenvalue weighted by Crippen LogP contribution is -2.31. The zero-order valence-corrected chi connectivity index (χ0v) is 16.2. The molecule has 0 radical (unpaired) electrons. The summed E-state index contributed by atoms with van der Waals surface area (Å²) in [5.41, 5.74) is 3.55. The van der Waals surface area contributed by atoms with E-state index >= 15 is 0 Å². The number of rotatable bonds is 8. The molecule has 3 rings (SSSR count). The lowest BCUT2D eigenvalue weighted by Gasteiger charge is -2.26. The van der Waals surface area contributed by atoms with Gasteiger partial charge in [-0.15, -0.1) is 0 Å². The molecule has 0 aliphatic carbocycles. The van der Waals surface area contributed by atoms with Crippen molar-refractivity contribution in [2.75, 3.05) is 27.4 Å². The molecule has 6 nitrogen and oxygen atoms in total. The minimum absolute atomic E-state index is 0.295. The van der Waals surface area contributed by atoms with Gasteiger partial charge in [0.1, 0.15) is 0 Å². The Morgan fingerprint density at radius 2 is 2.04 bits per heavy atom. The van der Waals surface area contributed by atoms with Crippen LogP contribution >= 0.6 is 0 Å². The second kappa shape index (κ2) is 8.56. The number of ether oxygens (including phenoxy) is 3. The van der Waals surface area contributed by atoms with Crippen molar-refractivity contribution >= 4 is 0 Å².